The van der Waals surface area contributed by atoms with Crippen molar-refractivity contribution in [2.75, 3.05) is 46.1 Å². The van der Waals surface area contributed by atoms with Gasteiger partial charge in [-0.1, -0.05) is 6.92 Å². The summed E-state index contributed by atoms with van der Waals surface area (Å²) in [6.07, 6.45) is 1.19. The van der Waals surface area contributed by atoms with Crippen molar-refractivity contribution in [3.8, 4) is 0 Å². The standard InChI is InChI=1S/C14H28N2O2/c1-4-15-13(12-5-8-18-11-12)14(2,3)16-6-9-17-10-7-16/h12-13,15H,4-11H2,1-3H3. The van der Waals surface area contributed by atoms with Gasteiger partial charge in [0.25, 0.3) is 0 Å². The van der Waals surface area contributed by atoms with Gasteiger partial charge in [0.15, 0.2) is 0 Å². The van der Waals surface area contributed by atoms with Crippen molar-refractivity contribution >= 4 is 0 Å². The molecule has 1 N–H and O–H groups in total. The van der Waals surface area contributed by atoms with Gasteiger partial charge in [-0.15, -0.1) is 0 Å². The van der Waals surface area contributed by atoms with Crippen LogP contribution in [0.25, 0.3) is 0 Å². The van der Waals surface area contributed by atoms with Crippen LogP contribution < -0.4 is 5.32 Å². The highest BCUT2D eigenvalue weighted by molar-refractivity contribution is 4.98. The summed E-state index contributed by atoms with van der Waals surface area (Å²) in [6.45, 7) is 13.6. The Kier molecular flexibility index (Phi) is 5.01. The molecule has 0 bridgehead atoms. The van der Waals surface area contributed by atoms with Gasteiger partial charge in [0.05, 0.1) is 19.8 Å². The van der Waals surface area contributed by atoms with Crippen molar-refractivity contribution < 1.29 is 9.47 Å². The van der Waals surface area contributed by atoms with Crippen LogP contribution in [0.4, 0.5) is 0 Å². The molecule has 0 radical (unpaired) electrons. The van der Waals surface area contributed by atoms with E-state index in [1.54, 1.807) is 0 Å². The molecule has 0 amide bonds. The molecule has 4 heteroatoms. The van der Waals surface area contributed by atoms with Gasteiger partial charge in [-0.05, 0) is 26.8 Å². The average molecular weight is 256 g/mol. The lowest BCUT2D eigenvalue weighted by Gasteiger charge is -2.48. The first-order valence-electron chi connectivity index (χ1n) is 7.30. The Morgan fingerprint density at radius 3 is 2.50 bits per heavy atom. The Bertz CT molecular complexity index is 246. The van der Waals surface area contributed by atoms with Crippen LogP contribution >= 0.6 is 0 Å². The minimum absolute atomic E-state index is 0.165. The molecule has 2 aliphatic heterocycles. The minimum Gasteiger partial charge on any atom is -0.381 e. The number of nitrogens with one attached hydrogen (secondary N) is 1. The Balaban J connectivity index is 2.05. The highest BCUT2D eigenvalue weighted by Crippen LogP contribution is 2.29. The molecule has 18 heavy (non-hydrogen) atoms. The molecule has 2 atom stereocenters. The summed E-state index contributed by atoms with van der Waals surface area (Å²) in [5.41, 5.74) is 0.165. The first kappa shape index (κ1) is 14.3. The van der Waals surface area contributed by atoms with E-state index in [1.165, 1.54) is 6.42 Å². The van der Waals surface area contributed by atoms with Crippen molar-refractivity contribution in [2.45, 2.75) is 38.8 Å². The number of nitrogens with zero attached hydrogens (tertiary/aromatic N) is 1. The van der Waals surface area contributed by atoms with E-state index in [9.17, 15) is 0 Å². The number of hydrogen-bond donors (Lipinski definition) is 1. The third kappa shape index (κ3) is 3.05. The second-order valence-corrected chi connectivity index (χ2v) is 5.91. The predicted molar refractivity (Wildman–Crippen MR) is 72.9 cm³/mol. The fraction of sp³-hybridized carbons (Fsp3) is 1.00. The molecule has 4 nitrogen and oxygen atoms in total. The van der Waals surface area contributed by atoms with Gasteiger partial charge in [0, 0.05) is 37.2 Å². The number of likely N-dealkylation sites (N-methyl/N-ethyl adjacent to an activating group) is 1. The summed E-state index contributed by atoms with van der Waals surface area (Å²) in [7, 11) is 0. The SMILES string of the molecule is CCNC(C1CCOC1)C(C)(C)N1CCOCC1. The largest absolute Gasteiger partial charge is 0.381 e. The number of rotatable bonds is 5. The molecule has 0 aliphatic carbocycles. The van der Waals surface area contributed by atoms with E-state index in [2.05, 4.69) is 31.0 Å². The van der Waals surface area contributed by atoms with Crippen LogP contribution in [-0.2, 0) is 9.47 Å². The summed E-state index contributed by atoms with van der Waals surface area (Å²) in [4.78, 5) is 2.57. The maximum atomic E-state index is 5.58. The van der Waals surface area contributed by atoms with Crippen LogP contribution in [0.5, 0.6) is 0 Å². The molecule has 0 saturated carbocycles. The smallest absolute Gasteiger partial charge is 0.0594 e. The van der Waals surface area contributed by atoms with Crippen LogP contribution in [0.2, 0.25) is 0 Å². The molecular weight excluding hydrogens is 228 g/mol. The van der Waals surface area contributed by atoms with Gasteiger partial charge in [-0.25, -0.2) is 0 Å². The number of hydrogen-bond acceptors (Lipinski definition) is 4. The van der Waals surface area contributed by atoms with E-state index >= 15 is 0 Å². The maximum Gasteiger partial charge on any atom is 0.0594 e. The lowest BCUT2D eigenvalue weighted by atomic mass is 9.82. The van der Waals surface area contributed by atoms with Gasteiger partial charge in [-0.2, -0.15) is 0 Å². The number of ether oxygens (including phenoxy) is 2. The predicted octanol–water partition coefficient (Wildman–Crippen LogP) is 1.11. The van der Waals surface area contributed by atoms with Gasteiger partial charge in [0.2, 0.25) is 0 Å². The molecule has 2 unspecified atom stereocenters. The Labute approximate surface area is 111 Å². The highest BCUT2D eigenvalue weighted by atomic mass is 16.5. The van der Waals surface area contributed by atoms with E-state index in [0.717, 1.165) is 46.1 Å². The van der Waals surface area contributed by atoms with Crippen molar-refractivity contribution in [3.05, 3.63) is 0 Å². The van der Waals surface area contributed by atoms with Crippen molar-refractivity contribution in [2.24, 2.45) is 5.92 Å². The molecular formula is C14H28N2O2. The zero-order valence-electron chi connectivity index (χ0n) is 12.1. The average Bonchev–Trinajstić information content (AvgIpc) is 2.90. The van der Waals surface area contributed by atoms with Crippen molar-refractivity contribution in [1.29, 1.82) is 0 Å². The van der Waals surface area contributed by atoms with Crippen LogP contribution in [0.15, 0.2) is 0 Å². The second kappa shape index (κ2) is 6.33. The molecule has 0 aromatic rings. The maximum absolute atomic E-state index is 5.58. The fourth-order valence-corrected chi connectivity index (χ4v) is 3.37. The molecule has 2 fully saturated rings. The lowest BCUT2D eigenvalue weighted by molar-refractivity contribution is -0.0319. The van der Waals surface area contributed by atoms with E-state index in [0.29, 0.717) is 12.0 Å². The minimum atomic E-state index is 0.165. The fourth-order valence-electron chi connectivity index (χ4n) is 3.37. The first-order chi connectivity index (χ1) is 8.66. The third-order valence-corrected chi connectivity index (χ3v) is 4.45. The van der Waals surface area contributed by atoms with Gasteiger partial charge in [0.1, 0.15) is 0 Å². The molecule has 0 aromatic heterocycles. The topological polar surface area (TPSA) is 33.7 Å². The third-order valence-electron chi connectivity index (χ3n) is 4.45. The van der Waals surface area contributed by atoms with E-state index in [-0.39, 0.29) is 5.54 Å². The quantitative estimate of drug-likeness (QED) is 0.799. The summed E-state index contributed by atoms with van der Waals surface area (Å²) in [5.74, 6) is 0.641. The summed E-state index contributed by atoms with van der Waals surface area (Å²) in [6, 6.07) is 0.503. The molecule has 0 aromatic carbocycles. The Morgan fingerprint density at radius 2 is 1.94 bits per heavy atom. The Hall–Kier alpha value is -0.160. The van der Waals surface area contributed by atoms with E-state index < -0.39 is 0 Å². The van der Waals surface area contributed by atoms with Crippen LogP contribution in [0, 0.1) is 5.92 Å². The first-order valence-corrected chi connectivity index (χ1v) is 7.30. The Morgan fingerprint density at radius 1 is 1.22 bits per heavy atom. The van der Waals surface area contributed by atoms with Gasteiger partial charge in [-0.3, -0.25) is 4.90 Å². The molecule has 2 saturated heterocycles. The monoisotopic (exact) mass is 256 g/mol. The molecule has 2 heterocycles. The molecule has 2 rings (SSSR count). The lowest BCUT2D eigenvalue weighted by Crippen LogP contribution is -2.62. The van der Waals surface area contributed by atoms with Crippen molar-refractivity contribution in [1.82, 2.24) is 10.2 Å². The molecule has 0 spiro atoms. The summed E-state index contributed by atoms with van der Waals surface area (Å²) >= 11 is 0. The van der Waals surface area contributed by atoms with Crippen LogP contribution in [0.3, 0.4) is 0 Å². The van der Waals surface area contributed by atoms with Crippen molar-refractivity contribution in [3.63, 3.8) is 0 Å². The summed E-state index contributed by atoms with van der Waals surface area (Å²) in [5, 5.41) is 3.70. The van der Waals surface area contributed by atoms with Gasteiger partial charge >= 0.3 is 0 Å². The highest BCUT2D eigenvalue weighted by Gasteiger charge is 2.41. The van der Waals surface area contributed by atoms with E-state index in [1.807, 2.05) is 0 Å². The summed E-state index contributed by atoms with van der Waals surface area (Å²) < 4.78 is 11.1. The van der Waals surface area contributed by atoms with Gasteiger partial charge < -0.3 is 14.8 Å². The van der Waals surface area contributed by atoms with Crippen LogP contribution in [0.1, 0.15) is 27.2 Å². The van der Waals surface area contributed by atoms with E-state index in [4.69, 9.17) is 9.47 Å². The molecule has 2 aliphatic rings. The van der Waals surface area contributed by atoms with Crippen LogP contribution in [-0.4, -0.2) is 62.5 Å². The zero-order chi connectivity index (χ0) is 13.0. The second-order valence-electron chi connectivity index (χ2n) is 5.91. The normalized spacial score (nSPS) is 28.5. The number of morpholine rings is 1. The zero-order valence-corrected chi connectivity index (χ0v) is 12.1. The molecule has 106 valence electrons.